The zero-order valence-electron chi connectivity index (χ0n) is 46.2. The minimum atomic E-state index is 0.816. The lowest BCUT2D eigenvalue weighted by molar-refractivity contribution is 0.415. The zero-order valence-corrected chi connectivity index (χ0v) is 46.2. The number of hydrogen-bond donors (Lipinski definition) is 0. The highest BCUT2D eigenvalue weighted by molar-refractivity contribution is 6.03. The SMILES string of the molecule is COc1ccc(N(c2ccc(N(c3ccc(-c4ccc(N(c5ccc(N(c6ccc(C)cc6)c6cccc7ccccc67)cc5)c5cccc6ccccc56)cc4)cc3)c3cccc4ccccc34)cc2)c2cccc3ccccc23)cc1. The van der Waals surface area contributed by atoms with Crippen LogP contribution in [0.15, 0.2) is 315 Å². The summed E-state index contributed by atoms with van der Waals surface area (Å²) in [6.07, 6.45) is 0. The van der Waals surface area contributed by atoms with Crippen LogP contribution in [0.25, 0.3) is 54.2 Å². The number of rotatable bonds is 14. The molecule has 0 N–H and O–H groups in total. The number of methoxy groups -OCH3 is 1. The van der Waals surface area contributed by atoms with Crippen molar-refractivity contribution >= 4 is 111 Å². The lowest BCUT2D eigenvalue weighted by atomic mass is 10.0. The molecule has 0 atom stereocenters. The van der Waals surface area contributed by atoms with Crippen molar-refractivity contribution in [2.24, 2.45) is 0 Å². The largest absolute Gasteiger partial charge is 0.497 e. The predicted molar refractivity (Wildman–Crippen MR) is 352 cm³/mol. The zero-order chi connectivity index (χ0) is 55.6. The van der Waals surface area contributed by atoms with Crippen molar-refractivity contribution < 1.29 is 4.74 Å². The summed E-state index contributed by atoms with van der Waals surface area (Å²) in [5.41, 5.74) is 16.4. The molecule has 0 saturated heterocycles. The van der Waals surface area contributed by atoms with Crippen molar-refractivity contribution in [2.75, 3.05) is 26.7 Å². The van der Waals surface area contributed by atoms with Crippen LogP contribution in [-0.2, 0) is 0 Å². The van der Waals surface area contributed by atoms with Gasteiger partial charge in [0.05, 0.1) is 29.9 Å². The van der Waals surface area contributed by atoms with Gasteiger partial charge in [-0.1, -0.05) is 188 Å². The fraction of sp³-hybridized carbons (Fsp3) is 0.0256. The maximum atomic E-state index is 5.59. The third-order valence-corrected chi connectivity index (χ3v) is 16.0. The van der Waals surface area contributed by atoms with E-state index in [1.165, 1.54) is 48.7 Å². The molecule has 396 valence electrons. The van der Waals surface area contributed by atoms with Gasteiger partial charge in [-0.05, 0) is 173 Å². The Labute approximate surface area is 485 Å². The molecular formula is C78H58N4O. The van der Waals surface area contributed by atoms with E-state index in [1.807, 2.05) is 12.1 Å². The normalized spacial score (nSPS) is 11.3. The minimum absolute atomic E-state index is 0.816. The van der Waals surface area contributed by atoms with Crippen molar-refractivity contribution in [1.82, 2.24) is 0 Å². The Morgan fingerprint density at radius 3 is 0.699 bits per heavy atom. The summed E-state index contributed by atoms with van der Waals surface area (Å²) in [5.74, 6) is 0.816. The lowest BCUT2D eigenvalue weighted by Crippen LogP contribution is -2.13. The maximum Gasteiger partial charge on any atom is 0.119 e. The summed E-state index contributed by atoms with van der Waals surface area (Å²) in [4.78, 5) is 9.47. The van der Waals surface area contributed by atoms with E-state index in [9.17, 15) is 0 Å². The van der Waals surface area contributed by atoms with E-state index in [4.69, 9.17) is 4.74 Å². The van der Waals surface area contributed by atoms with Gasteiger partial charge < -0.3 is 24.3 Å². The lowest BCUT2D eigenvalue weighted by Gasteiger charge is -2.30. The molecule has 5 nitrogen and oxygen atoms in total. The molecule has 0 spiro atoms. The van der Waals surface area contributed by atoms with E-state index >= 15 is 0 Å². The second-order valence-electron chi connectivity index (χ2n) is 21.0. The molecule has 0 bridgehead atoms. The van der Waals surface area contributed by atoms with Crippen molar-refractivity contribution in [2.45, 2.75) is 6.92 Å². The average Bonchev–Trinajstić information content (AvgIpc) is 3.69. The van der Waals surface area contributed by atoms with Crippen molar-refractivity contribution in [1.29, 1.82) is 0 Å². The molecule has 0 aliphatic heterocycles. The van der Waals surface area contributed by atoms with Gasteiger partial charge in [-0.15, -0.1) is 0 Å². The number of anilines is 12. The number of aryl methyl sites for hydroxylation is 1. The molecule has 0 unspecified atom stereocenters. The van der Waals surface area contributed by atoms with E-state index in [0.29, 0.717) is 0 Å². The van der Waals surface area contributed by atoms with Gasteiger partial charge in [-0.3, -0.25) is 0 Å². The molecule has 0 heterocycles. The Morgan fingerprint density at radius 2 is 0.434 bits per heavy atom. The molecule has 14 aromatic rings. The first-order chi connectivity index (χ1) is 41.0. The first kappa shape index (κ1) is 50.3. The maximum absolute atomic E-state index is 5.59. The van der Waals surface area contributed by atoms with Crippen LogP contribution in [0, 0.1) is 6.92 Å². The molecule has 14 aromatic carbocycles. The van der Waals surface area contributed by atoms with E-state index in [-0.39, 0.29) is 0 Å². The molecule has 0 fully saturated rings. The molecule has 0 aliphatic rings. The topological polar surface area (TPSA) is 22.2 Å². The van der Waals surface area contributed by atoms with Crippen LogP contribution in [0.3, 0.4) is 0 Å². The predicted octanol–water partition coefficient (Wildman–Crippen LogP) is 22.2. The van der Waals surface area contributed by atoms with E-state index < -0.39 is 0 Å². The van der Waals surface area contributed by atoms with Gasteiger partial charge in [-0.2, -0.15) is 0 Å². The molecular weight excluding hydrogens is 1010 g/mol. The Kier molecular flexibility index (Phi) is 13.3. The number of nitrogens with zero attached hydrogens (tertiary/aromatic N) is 4. The van der Waals surface area contributed by atoms with Crippen molar-refractivity contribution in [3.63, 3.8) is 0 Å². The van der Waals surface area contributed by atoms with Crippen molar-refractivity contribution in [3.8, 4) is 16.9 Å². The van der Waals surface area contributed by atoms with Crippen molar-refractivity contribution in [3.05, 3.63) is 321 Å². The first-order valence-electron chi connectivity index (χ1n) is 28.3. The van der Waals surface area contributed by atoms with Gasteiger partial charge in [0, 0.05) is 67.0 Å². The van der Waals surface area contributed by atoms with Gasteiger partial charge in [0.1, 0.15) is 5.75 Å². The smallest absolute Gasteiger partial charge is 0.119 e. The molecule has 5 heteroatoms. The third kappa shape index (κ3) is 9.70. The molecule has 0 saturated carbocycles. The summed E-state index contributed by atoms with van der Waals surface area (Å²) < 4.78 is 5.59. The van der Waals surface area contributed by atoms with Crippen LogP contribution < -0.4 is 24.3 Å². The Morgan fingerprint density at radius 1 is 0.217 bits per heavy atom. The third-order valence-electron chi connectivity index (χ3n) is 16.0. The van der Waals surface area contributed by atoms with Crippen LogP contribution in [-0.4, -0.2) is 7.11 Å². The molecule has 0 radical (unpaired) electrons. The van der Waals surface area contributed by atoms with Gasteiger partial charge in [0.15, 0.2) is 0 Å². The van der Waals surface area contributed by atoms with Crippen LogP contribution >= 0.6 is 0 Å². The summed E-state index contributed by atoms with van der Waals surface area (Å²) in [7, 11) is 1.71. The Hall–Kier alpha value is -10.9. The Balaban J connectivity index is 0.817. The standard InChI is InChI=1S/C78H58N4O/c1-55-31-37-62(38-32-55)79(75-27-11-19-58-15-3-7-23-71(58)75)65-43-45-66(46-44-65)80(76-28-12-20-59-16-4-8-24-72(59)76)63-39-33-56(34-40-63)57-35-41-64(42-36-57)81(77-29-13-21-60-17-5-9-25-73(60)77)67-47-49-68(50-48-67)82(69-51-53-70(83-2)54-52-69)78-30-14-22-61-18-6-10-26-74(61)78/h3-54H,1-2H3. The summed E-state index contributed by atoms with van der Waals surface area (Å²) >= 11 is 0. The molecule has 83 heavy (non-hydrogen) atoms. The number of ether oxygens (including phenoxy) is 1. The van der Waals surface area contributed by atoms with Gasteiger partial charge in [0.2, 0.25) is 0 Å². The summed E-state index contributed by atoms with van der Waals surface area (Å²) in [6.45, 7) is 2.14. The monoisotopic (exact) mass is 1070 g/mol. The van der Waals surface area contributed by atoms with Gasteiger partial charge in [0.25, 0.3) is 0 Å². The van der Waals surface area contributed by atoms with Crippen LogP contribution in [0.2, 0.25) is 0 Å². The number of benzene rings is 14. The van der Waals surface area contributed by atoms with E-state index in [1.54, 1.807) is 7.11 Å². The molecule has 14 rings (SSSR count). The van der Waals surface area contributed by atoms with E-state index in [0.717, 1.165) is 85.1 Å². The highest BCUT2D eigenvalue weighted by Crippen LogP contribution is 2.46. The minimum Gasteiger partial charge on any atom is -0.497 e. The molecule has 0 aromatic heterocycles. The number of fused-ring (bicyclic) bond motifs is 4. The second kappa shape index (κ2) is 22.0. The molecule has 0 aliphatic carbocycles. The highest BCUT2D eigenvalue weighted by Gasteiger charge is 2.22. The average molecular weight is 1070 g/mol. The summed E-state index contributed by atoms with van der Waals surface area (Å²) in [6, 6.07) is 114. The quantitative estimate of drug-likeness (QED) is 0.108. The molecule has 0 amide bonds. The summed E-state index contributed by atoms with van der Waals surface area (Å²) in [5, 5.41) is 9.49. The second-order valence-corrected chi connectivity index (χ2v) is 21.0. The van der Waals surface area contributed by atoms with Crippen LogP contribution in [0.4, 0.5) is 68.2 Å². The van der Waals surface area contributed by atoms with Crippen LogP contribution in [0.1, 0.15) is 5.56 Å². The van der Waals surface area contributed by atoms with Gasteiger partial charge >= 0.3 is 0 Å². The van der Waals surface area contributed by atoms with E-state index in [2.05, 4.69) is 330 Å². The highest BCUT2D eigenvalue weighted by atomic mass is 16.5. The first-order valence-corrected chi connectivity index (χ1v) is 28.3. The fourth-order valence-electron chi connectivity index (χ4n) is 11.9. The fourth-order valence-corrected chi connectivity index (χ4v) is 11.9. The number of hydrogen-bond acceptors (Lipinski definition) is 5. The van der Waals surface area contributed by atoms with Gasteiger partial charge in [-0.25, -0.2) is 0 Å². The Bertz CT molecular complexity index is 4580. The van der Waals surface area contributed by atoms with Crippen LogP contribution in [0.5, 0.6) is 5.75 Å².